The van der Waals surface area contributed by atoms with Crippen LogP contribution in [0.15, 0.2) is 66.7 Å². The molecule has 0 radical (unpaired) electrons. The maximum absolute atomic E-state index is 12.7. The molecule has 154 valence electrons. The number of rotatable bonds is 4. The monoisotopic (exact) mass is 415 g/mol. The minimum atomic E-state index is -4.42. The van der Waals surface area contributed by atoms with Gasteiger partial charge in [0.1, 0.15) is 0 Å². The van der Waals surface area contributed by atoms with Crippen molar-refractivity contribution in [3.8, 4) is 11.1 Å². The molecule has 30 heavy (non-hydrogen) atoms. The molecule has 3 aromatic rings. The number of alkyl halides is 3. The Morgan fingerprint density at radius 3 is 2.00 bits per heavy atom. The van der Waals surface area contributed by atoms with Gasteiger partial charge in [0.15, 0.2) is 0 Å². The zero-order valence-electron chi connectivity index (χ0n) is 15.3. The molecule has 0 aliphatic rings. The normalized spacial score (nSPS) is 11.0. The van der Waals surface area contributed by atoms with Crippen LogP contribution in [-0.4, -0.2) is 17.1 Å². The standard InChI is InChI=1S/C21H16F3N3O3/c22-21(23,24)15-6-1-12(2-7-15)14-5-10-17(25)18(11-14)27-19(28)13-3-8-16(9-4-13)26-20(29)30/h1-11,26H,25H2,(H,27,28)(H,29,30). The molecule has 3 aromatic carbocycles. The average Bonchev–Trinajstić information content (AvgIpc) is 2.69. The van der Waals surface area contributed by atoms with E-state index in [1.165, 1.54) is 36.4 Å². The van der Waals surface area contributed by atoms with E-state index in [9.17, 15) is 22.8 Å². The van der Waals surface area contributed by atoms with E-state index in [4.69, 9.17) is 10.8 Å². The van der Waals surface area contributed by atoms with Crippen LogP contribution in [0.1, 0.15) is 15.9 Å². The Labute approximate surface area is 169 Å². The number of carboxylic acid groups (broad SMARTS) is 1. The van der Waals surface area contributed by atoms with Gasteiger partial charge in [-0.3, -0.25) is 10.1 Å². The number of nitrogen functional groups attached to an aromatic ring is 1. The maximum Gasteiger partial charge on any atom is 0.416 e. The van der Waals surface area contributed by atoms with Gasteiger partial charge in [-0.25, -0.2) is 4.79 Å². The lowest BCUT2D eigenvalue weighted by atomic mass is 10.0. The number of carbonyl (C=O) groups is 2. The summed E-state index contributed by atoms with van der Waals surface area (Å²) in [4.78, 5) is 23.1. The van der Waals surface area contributed by atoms with Gasteiger partial charge in [0.2, 0.25) is 0 Å². The lowest BCUT2D eigenvalue weighted by Gasteiger charge is -2.12. The number of halogens is 3. The number of nitrogens with one attached hydrogen (secondary N) is 2. The van der Waals surface area contributed by atoms with Crippen LogP contribution in [0.5, 0.6) is 0 Å². The van der Waals surface area contributed by atoms with Gasteiger partial charge in [-0.1, -0.05) is 18.2 Å². The van der Waals surface area contributed by atoms with Crippen LogP contribution in [0.3, 0.4) is 0 Å². The summed E-state index contributed by atoms with van der Waals surface area (Å²) < 4.78 is 38.2. The molecule has 0 unspecified atom stereocenters. The highest BCUT2D eigenvalue weighted by molar-refractivity contribution is 6.06. The molecule has 0 aliphatic carbocycles. The first-order valence-electron chi connectivity index (χ1n) is 8.62. The van der Waals surface area contributed by atoms with Gasteiger partial charge in [0.25, 0.3) is 5.91 Å². The van der Waals surface area contributed by atoms with E-state index in [0.717, 1.165) is 12.1 Å². The first kappa shape index (κ1) is 20.7. The molecular formula is C21H16F3N3O3. The van der Waals surface area contributed by atoms with Gasteiger partial charge in [-0.2, -0.15) is 13.2 Å². The molecule has 0 bridgehead atoms. The fraction of sp³-hybridized carbons (Fsp3) is 0.0476. The quantitative estimate of drug-likeness (QED) is 0.434. The summed E-state index contributed by atoms with van der Waals surface area (Å²) in [5.41, 5.74) is 7.42. The Balaban J connectivity index is 1.80. The van der Waals surface area contributed by atoms with Gasteiger partial charge in [-0.15, -0.1) is 0 Å². The van der Waals surface area contributed by atoms with Crippen LogP contribution in [-0.2, 0) is 6.18 Å². The molecule has 2 amide bonds. The molecule has 3 rings (SSSR count). The van der Waals surface area contributed by atoms with Crippen LogP contribution in [0.25, 0.3) is 11.1 Å². The van der Waals surface area contributed by atoms with Crippen molar-refractivity contribution in [2.75, 3.05) is 16.4 Å². The second kappa shape index (κ2) is 8.16. The van der Waals surface area contributed by atoms with Gasteiger partial charge < -0.3 is 16.2 Å². The number of hydrogen-bond acceptors (Lipinski definition) is 3. The third-order valence-corrected chi connectivity index (χ3v) is 4.25. The molecular weight excluding hydrogens is 399 g/mol. The summed E-state index contributed by atoms with van der Waals surface area (Å²) in [6.07, 6.45) is -5.64. The van der Waals surface area contributed by atoms with Crippen molar-refractivity contribution in [1.29, 1.82) is 0 Å². The number of amides is 2. The number of carbonyl (C=O) groups excluding carboxylic acids is 1. The highest BCUT2D eigenvalue weighted by atomic mass is 19.4. The van der Waals surface area contributed by atoms with Crippen molar-refractivity contribution < 1.29 is 27.9 Å². The van der Waals surface area contributed by atoms with Gasteiger partial charge in [-0.05, 0) is 59.7 Å². The predicted octanol–water partition coefficient (Wildman–Crippen LogP) is 5.30. The number of anilines is 3. The largest absolute Gasteiger partial charge is 0.465 e. The third kappa shape index (κ3) is 4.88. The van der Waals surface area contributed by atoms with Crippen molar-refractivity contribution in [1.82, 2.24) is 0 Å². The van der Waals surface area contributed by atoms with E-state index in [2.05, 4.69) is 10.6 Å². The van der Waals surface area contributed by atoms with Crippen molar-refractivity contribution in [2.45, 2.75) is 6.18 Å². The SMILES string of the molecule is Nc1ccc(-c2ccc(C(F)(F)F)cc2)cc1NC(=O)c1ccc(NC(=O)O)cc1. The highest BCUT2D eigenvalue weighted by Crippen LogP contribution is 2.32. The fourth-order valence-electron chi connectivity index (χ4n) is 2.72. The molecule has 0 saturated carbocycles. The van der Waals surface area contributed by atoms with Crippen molar-refractivity contribution in [3.05, 3.63) is 77.9 Å². The van der Waals surface area contributed by atoms with E-state index in [1.54, 1.807) is 18.2 Å². The second-order valence-corrected chi connectivity index (χ2v) is 6.34. The lowest BCUT2D eigenvalue weighted by molar-refractivity contribution is -0.137. The van der Waals surface area contributed by atoms with Crippen LogP contribution in [0.4, 0.5) is 35.0 Å². The minimum Gasteiger partial charge on any atom is -0.465 e. The number of benzene rings is 3. The van der Waals surface area contributed by atoms with E-state index in [1.807, 2.05) is 0 Å². The predicted molar refractivity (Wildman–Crippen MR) is 107 cm³/mol. The van der Waals surface area contributed by atoms with Crippen LogP contribution >= 0.6 is 0 Å². The molecule has 0 spiro atoms. The summed E-state index contributed by atoms with van der Waals surface area (Å²) in [5.74, 6) is -0.479. The molecule has 0 atom stereocenters. The Morgan fingerprint density at radius 1 is 0.833 bits per heavy atom. The van der Waals surface area contributed by atoms with E-state index >= 15 is 0 Å². The maximum atomic E-state index is 12.7. The highest BCUT2D eigenvalue weighted by Gasteiger charge is 2.30. The number of hydrogen-bond donors (Lipinski definition) is 4. The first-order chi connectivity index (χ1) is 14.1. The molecule has 0 fully saturated rings. The molecule has 6 nitrogen and oxygen atoms in total. The summed E-state index contributed by atoms with van der Waals surface area (Å²) >= 11 is 0. The van der Waals surface area contributed by atoms with E-state index in [-0.39, 0.29) is 11.3 Å². The van der Waals surface area contributed by atoms with E-state index in [0.29, 0.717) is 22.5 Å². The zero-order chi connectivity index (χ0) is 21.9. The first-order valence-corrected chi connectivity index (χ1v) is 8.62. The molecule has 5 N–H and O–H groups in total. The van der Waals surface area contributed by atoms with Gasteiger partial charge in [0.05, 0.1) is 16.9 Å². The number of nitrogens with two attached hydrogens (primary N) is 1. The smallest absolute Gasteiger partial charge is 0.416 e. The average molecular weight is 415 g/mol. The van der Waals surface area contributed by atoms with Crippen molar-refractivity contribution in [2.24, 2.45) is 0 Å². The zero-order valence-corrected chi connectivity index (χ0v) is 15.3. The van der Waals surface area contributed by atoms with Crippen LogP contribution < -0.4 is 16.4 Å². The van der Waals surface area contributed by atoms with Gasteiger partial charge >= 0.3 is 12.3 Å². The Kier molecular flexibility index (Phi) is 5.63. The summed E-state index contributed by atoms with van der Waals surface area (Å²) in [6, 6.07) is 15.2. The third-order valence-electron chi connectivity index (χ3n) is 4.25. The van der Waals surface area contributed by atoms with E-state index < -0.39 is 23.7 Å². The Bertz CT molecular complexity index is 1080. The molecule has 9 heteroatoms. The van der Waals surface area contributed by atoms with Crippen molar-refractivity contribution >= 4 is 29.1 Å². The summed E-state index contributed by atoms with van der Waals surface area (Å²) in [7, 11) is 0. The Hall–Kier alpha value is -4.01. The molecule has 0 saturated heterocycles. The summed E-state index contributed by atoms with van der Waals surface area (Å²) in [6.45, 7) is 0. The lowest BCUT2D eigenvalue weighted by Crippen LogP contribution is -2.13. The molecule has 0 heterocycles. The fourth-order valence-corrected chi connectivity index (χ4v) is 2.72. The Morgan fingerprint density at radius 2 is 1.43 bits per heavy atom. The second-order valence-electron chi connectivity index (χ2n) is 6.34. The summed E-state index contributed by atoms with van der Waals surface area (Å²) in [5, 5.41) is 13.5. The minimum absolute atomic E-state index is 0.269. The van der Waals surface area contributed by atoms with Crippen LogP contribution in [0, 0.1) is 0 Å². The molecule has 0 aliphatic heterocycles. The van der Waals surface area contributed by atoms with Crippen LogP contribution in [0.2, 0.25) is 0 Å². The molecule has 0 aromatic heterocycles. The van der Waals surface area contributed by atoms with Crippen molar-refractivity contribution in [3.63, 3.8) is 0 Å². The van der Waals surface area contributed by atoms with Gasteiger partial charge in [0, 0.05) is 11.3 Å². The topological polar surface area (TPSA) is 104 Å².